The van der Waals surface area contributed by atoms with E-state index in [1.54, 1.807) is 60.7 Å². The summed E-state index contributed by atoms with van der Waals surface area (Å²) in [5.74, 6) is -0.0963. The molecule has 7 nitrogen and oxygen atoms in total. The third-order valence-electron chi connectivity index (χ3n) is 4.35. The number of benzene rings is 3. The minimum atomic E-state index is -0.426. The number of rotatable bonds is 8. The molecule has 0 aliphatic rings. The maximum absolute atomic E-state index is 13.8. The first-order chi connectivity index (χ1) is 15.5. The Morgan fingerprint density at radius 3 is 2.59 bits per heavy atom. The van der Waals surface area contributed by atoms with Crippen molar-refractivity contribution in [2.75, 3.05) is 12.4 Å². The van der Waals surface area contributed by atoms with Crippen LogP contribution in [0.4, 0.5) is 10.1 Å². The van der Waals surface area contributed by atoms with E-state index in [2.05, 4.69) is 15.8 Å². The van der Waals surface area contributed by atoms with E-state index in [0.717, 1.165) is 0 Å². The molecule has 0 radical (unpaired) electrons. The van der Waals surface area contributed by atoms with Crippen LogP contribution in [0.15, 0.2) is 71.8 Å². The molecule has 0 atom stereocenters. The Kier molecular flexibility index (Phi) is 7.53. The molecule has 3 rings (SSSR count). The minimum absolute atomic E-state index is 0.0596. The SMILES string of the molecule is COc1cc(/C=N\NC(=O)c2cccc(NC(C)=O)c2)ccc1OCc1ccccc1F. The summed E-state index contributed by atoms with van der Waals surface area (Å²) in [6, 6.07) is 18.0. The van der Waals surface area contributed by atoms with Crippen LogP contribution in [0.5, 0.6) is 11.5 Å². The monoisotopic (exact) mass is 435 g/mol. The number of halogens is 1. The van der Waals surface area contributed by atoms with Gasteiger partial charge >= 0.3 is 0 Å². The number of amides is 2. The molecule has 32 heavy (non-hydrogen) atoms. The number of carbonyl (C=O) groups is 2. The topological polar surface area (TPSA) is 89.0 Å². The Hall–Kier alpha value is -4.20. The van der Waals surface area contributed by atoms with Crippen LogP contribution in [0.3, 0.4) is 0 Å². The van der Waals surface area contributed by atoms with Gasteiger partial charge in [-0.2, -0.15) is 5.10 Å². The van der Waals surface area contributed by atoms with Crippen molar-refractivity contribution in [1.29, 1.82) is 0 Å². The molecule has 2 amide bonds. The summed E-state index contributed by atoms with van der Waals surface area (Å²) in [7, 11) is 1.50. The van der Waals surface area contributed by atoms with Gasteiger partial charge < -0.3 is 14.8 Å². The molecule has 0 heterocycles. The first-order valence-corrected chi connectivity index (χ1v) is 9.71. The number of hydrazone groups is 1. The first kappa shape index (κ1) is 22.5. The predicted octanol–water partition coefficient (Wildman–Crippen LogP) is 4.14. The highest BCUT2D eigenvalue weighted by Crippen LogP contribution is 2.28. The van der Waals surface area contributed by atoms with Crippen LogP contribution in [-0.2, 0) is 11.4 Å². The Bertz CT molecular complexity index is 1150. The van der Waals surface area contributed by atoms with E-state index in [4.69, 9.17) is 9.47 Å². The molecule has 0 saturated carbocycles. The fourth-order valence-corrected chi connectivity index (χ4v) is 2.83. The highest BCUT2D eigenvalue weighted by Gasteiger charge is 2.09. The number of nitrogens with one attached hydrogen (secondary N) is 2. The molecule has 0 aliphatic heterocycles. The molecular weight excluding hydrogens is 413 g/mol. The summed E-state index contributed by atoms with van der Waals surface area (Å²) in [6.45, 7) is 1.45. The van der Waals surface area contributed by atoms with Crippen molar-refractivity contribution in [1.82, 2.24) is 5.43 Å². The molecule has 0 aromatic heterocycles. The van der Waals surface area contributed by atoms with Crippen LogP contribution in [0, 0.1) is 5.82 Å². The fraction of sp³-hybridized carbons (Fsp3) is 0.125. The largest absolute Gasteiger partial charge is 0.493 e. The van der Waals surface area contributed by atoms with Gasteiger partial charge in [0.25, 0.3) is 5.91 Å². The summed E-state index contributed by atoms with van der Waals surface area (Å²) in [5.41, 5.74) is 4.40. The molecule has 2 N–H and O–H groups in total. The van der Waals surface area contributed by atoms with Crippen LogP contribution in [-0.4, -0.2) is 25.1 Å². The van der Waals surface area contributed by atoms with Gasteiger partial charge in [0.1, 0.15) is 12.4 Å². The fourth-order valence-electron chi connectivity index (χ4n) is 2.83. The Balaban J connectivity index is 1.63. The molecule has 0 spiro atoms. The van der Waals surface area contributed by atoms with Crippen molar-refractivity contribution in [3.63, 3.8) is 0 Å². The summed E-state index contributed by atoms with van der Waals surface area (Å²) in [5, 5.41) is 6.58. The number of ether oxygens (including phenoxy) is 2. The smallest absolute Gasteiger partial charge is 0.271 e. The lowest BCUT2D eigenvalue weighted by Gasteiger charge is -2.11. The lowest BCUT2D eigenvalue weighted by Crippen LogP contribution is -2.18. The maximum Gasteiger partial charge on any atom is 0.271 e. The van der Waals surface area contributed by atoms with Gasteiger partial charge in [-0.15, -0.1) is 0 Å². The van der Waals surface area contributed by atoms with Crippen LogP contribution in [0.25, 0.3) is 0 Å². The van der Waals surface area contributed by atoms with E-state index in [9.17, 15) is 14.0 Å². The summed E-state index contributed by atoms with van der Waals surface area (Å²) in [4.78, 5) is 23.4. The Morgan fingerprint density at radius 1 is 1.03 bits per heavy atom. The molecule has 0 unspecified atom stereocenters. The van der Waals surface area contributed by atoms with Crippen molar-refractivity contribution in [2.24, 2.45) is 5.10 Å². The molecule has 3 aromatic rings. The van der Waals surface area contributed by atoms with E-state index in [-0.39, 0.29) is 18.3 Å². The molecule has 0 fully saturated rings. The molecule has 0 aliphatic carbocycles. The van der Waals surface area contributed by atoms with Gasteiger partial charge in [0.05, 0.1) is 13.3 Å². The van der Waals surface area contributed by atoms with E-state index in [1.165, 1.54) is 26.3 Å². The Morgan fingerprint density at radius 2 is 1.84 bits per heavy atom. The van der Waals surface area contributed by atoms with Gasteiger partial charge in [-0.05, 0) is 48.0 Å². The summed E-state index contributed by atoms with van der Waals surface area (Å²) in [6.07, 6.45) is 1.46. The van der Waals surface area contributed by atoms with Gasteiger partial charge in [-0.25, -0.2) is 9.82 Å². The van der Waals surface area contributed by atoms with Crippen LogP contribution < -0.4 is 20.2 Å². The molecule has 3 aromatic carbocycles. The first-order valence-electron chi connectivity index (χ1n) is 9.71. The van der Waals surface area contributed by atoms with E-state index in [1.807, 2.05) is 0 Å². The van der Waals surface area contributed by atoms with E-state index in [0.29, 0.717) is 33.9 Å². The number of methoxy groups -OCH3 is 1. The molecular formula is C24H22FN3O4. The lowest BCUT2D eigenvalue weighted by molar-refractivity contribution is -0.114. The Labute approximate surface area is 184 Å². The zero-order valence-corrected chi connectivity index (χ0v) is 17.6. The zero-order valence-electron chi connectivity index (χ0n) is 17.6. The summed E-state index contributed by atoms with van der Waals surface area (Å²) >= 11 is 0. The molecule has 0 bridgehead atoms. The zero-order chi connectivity index (χ0) is 22.9. The minimum Gasteiger partial charge on any atom is -0.493 e. The van der Waals surface area contributed by atoms with Crippen LogP contribution >= 0.6 is 0 Å². The third kappa shape index (κ3) is 6.15. The van der Waals surface area contributed by atoms with Crippen molar-refractivity contribution in [3.8, 4) is 11.5 Å². The quantitative estimate of drug-likeness (QED) is 0.411. The molecule has 0 saturated heterocycles. The highest BCUT2D eigenvalue weighted by atomic mass is 19.1. The van der Waals surface area contributed by atoms with Crippen LogP contribution in [0.1, 0.15) is 28.4 Å². The van der Waals surface area contributed by atoms with Crippen molar-refractivity contribution in [3.05, 3.63) is 89.2 Å². The maximum atomic E-state index is 13.8. The van der Waals surface area contributed by atoms with Gasteiger partial charge in [0.15, 0.2) is 11.5 Å². The average Bonchev–Trinajstić information content (AvgIpc) is 2.78. The second kappa shape index (κ2) is 10.7. The standard InChI is InChI=1S/C24H22FN3O4/c1-16(29)27-20-8-5-7-18(13-20)24(30)28-26-14-17-10-11-22(23(12-17)31-2)32-15-19-6-3-4-9-21(19)25/h3-14H,15H2,1-2H3,(H,27,29)(H,28,30)/b26-14-. The molecule has 8 heteroatoms. The van der Waals surface area contributed by atoms with Gasteiger partial charge in [-0.3, -0.25) is 9.59 Å². The number of carbonyl (C=O) groups excluding carboxylic acids is 2. The van der Waals surface area contributed by atoms with Gasteiger partial charge in [0.2, 0.25) is 5.91 Å². The summed E-state index contributed by atoms with van der Waals surface area (Å²) < 4.78 is 24.8. The second-order valence-electron chi connectivity index (χ2n) is 6.75. The van der Waals surface area contributed by atoms with Gasteiger partial charge in [-0.1, -0.05) is 24.3 Å². The van der Waals surface area contributed by atoms with Crippen molar-refractivity contribution in [2.45, 2.75) is 13.5 Å². The van der Waals surface area contributed by atoms with E-state index >= 15 is 0 Å². The normalized spacial score (nSPS) is 10.6. The lowest BCUT2D eigenvalue weighted by atomic mass is 10.2. The average molecular weight is 435 g/mol. The molecule has 164 valence electrons. The van der Waals surface area contributed by atoms with E-state index < -0.39 is 5.91 Å². The van der Waals surface area contributed by atoms with Crippen molar-refractivity contribution >= 4 is 23.7 Å². The number of hydrogen-bond acceptors (Lipinski definition) is 5. The second-order valence-corrected chi connectivity index (χ2v) is 6.75. The number of hydrogen-bond donors (Lipinski definition) is 2. The van der Waals surface area contributed by atoms with Crippen molar-refractivity contribution < 1.29 is 23.5 Å². The number of anilines is 1. The predicted molar refractivity (Wildman–Crippen MR) is 120 cm³/mol. The van der Waals surface area contributed by atoms with Crippen LogP contribution in [0.2, 0.25) is 0 Å². The third-order valence-corrected chi connectivity index (χ3v) is 4.35. The highest BCUT2D eigenvalue weighted by molar-refractivity contribution is 5.97. The number of nitrogens with zero attached hydrogens (tertiary/aromatic N) is 1. The van der Waals surface area contributed by atoms with Gasteiger partial charge in [0, 0.05) is 23.7 Å².